The van der Waals surface area contributed by atoms with Crippen LogP contribution in [-0.4, -0.2) is 38.2 Å². The van der Waals surface area contributed by atoms with Crippen LogP contribution in [0, 0.1) is 0 Å². The molecule has 1 fully saturated rings. The fourth-order valence-corrected chi connectivity index (χ4v) is 4.32. The third kappa shape index (κ3) is 4.82. The Bertz CT molecular complexity index is 862. The van der Waals surface area contributed by atoms with Gasteiger partial charge in [0.05, 0.1) is 22.5 Å². The molecule has 0 radical (unpaired) electrons. The van der Waals surface area contributed by atoms with Gasteiger partial charge in [0.1, 0.15) is 5.82 Å². The third-order valence-electron chi connectivity index (χ3n) is 4.26. The fourth-order valence-electron chi connectivity index (χ4n) is 2.81. The number of aromatic nitrogens is 1. The average molecular weight is 438 g/mol. The van der Waals surface area contributed by atoms with Gasteiger partial charge in [-0.15, -0.1) is 0 Å². The first-order chi connectivity index (χ1) is 12.4. The number of nitrogens with one attached hydrogen (secondary N) is 1. The summed E-state index contributed by atoms with van der Waals surface area (Å²) in [6.45, 7) is 2.06. The van der Waals surface area contributed by atoms with Crippen molar-refractivity contribution in [3.05, 3.63) is 47.1 Å². The Labute approximate surface area is 161 Å². The van der Waals surface area contributed by atoms with E-state index < -0.39 is 9.84 Å². The van der Waals surface area contributed by atoms with E-state index in [-0.39, 0.29) is 23.0 Å². The first-order valence-corrected chi connectivity index (χ1v) is 10.9. The predicted molar refractivity (Wildman–Crippen MR) is 105 cm³/mol. The van der Waals surface area contributed by atoms with E-state index in [2.05, 4.69) is 31.1 Å². The van der Waals surface area contributed by atoms with E-state index in [4.69, 9.17) is 0 Å². The van der Waals surface area contributed by atoms with E-state index in [9.17, 15) is 13.2 Å². The second-order valence-electron chi connectivity index (χ2n) is 6.17. The normalized spacial score (nSPS) is 14.4. The number of hydrogen-bond acceptors (Lipinski definition) is 5. The van der Waals surface area contributed by atoms with Gasteiger partial charge in [-0.2, -0.15) is 0 Å². The summed E-state index contributed by atoms with van der Waals surface area (Å²) in [6.07, 6.45) is 3.99. The standard InChI is InChI=1S/C18H20BrN3O3S/c19-14-3-6-16(7-4-14)26(24,25)12-9-18(23)21-17-8-5-15(13-20-17)22-10-1-2-11-22/h3-8,13H,1-2,9-12H2,(H,20,21,23). The molecule has 8 heteroatoms. The second-order valence-corrected chi connectivity index (χ2v) is 9.19. The molecule has 3 rings (SSSR count). The topological polar surface area (TPSA) is 79.4 Å². The molecule has 0 spiro atoms. The maximum atomic E-state index is 12.3. The zero-order valence-electron chi connectivity index (χ0n) is 14.2. The molecule has 1 aliphatic rings. The highest BCUT2D eigenvalue weighted by molar-refractivity contribution is 9.10. The van der Waals surface area contributed by atoms with E-state index >= 15 is 0 Å². The van der Waals surface area contributed by atoms with Gasteiger partial charge in [0.25, 0.3) is 0 Å². The number of sulfone groups is 1. The van der Waals surface area contributed by atoms with Gasteiger partial charge in [0, 0.05) is 24.0 Å². The summed E-state index contributed by atoms with van der Waals surface area (Å²) in [4.78, 5) is 18.8. The summed E-state index contributed by atoms with van der Waals surface area (Å²) >= 11 is 3.27. The molecule has 0 atom stereocenters. The number of carbonyl (C=O) groups is 1. The minimum atomic E-state index is -3.49. The number of nitrogens with zero attached hydrogens (tertiary/aromatic N) is 2. The smallest absolute Gasteiger partial charge is 0.226 e. The molecule has 6 nitrogen and oxygen atoms in total. The Balaban J connectivity index is 1.54. The lowest BCUT2D eigenvalue weighted by atomic mass is 10.3. The highest BCUT2D eigenvalue weighted by Gasteiger charge is 2.17. The van der Waals surface area contributed by atoms with Crippen LogP contribution in [0.2, 0.25) is 0 Å². The third-order valence-corrected chi connectivity index (χ3v) is 6.52. The lowest BCUT2D eigenvalue weighted by Crippen LogP contribution is -2.19. The quantitative estimate of drug-likeness (QED) is 0.749. The van der Waals surface area contributed by atoms with Gasteiger partial charge in [-0.1, -0.05) is 15.9 Å². The molecule has 1 N–H and O–H groups in total. The maximum absolute atomic E-state index is 12.3. The molecule has 138 valence electrons. The Morgan fingerprint density at radius 2 is 1.81 bits per heavy atom. The minimum Gasteiger partial charge on any atom is -0.370 e. The van der Waals surface area contributed by atoms with Crippen LogP contribution < -0.4 is 10.2 Å². The molecule has 0 saturated carbocycles. The number of amides is 1. The summed E-state index contributed by atoms with van der Waals surface area (Å²) in [5.74, 6) is -0.183. The molecule has 1 amide bonds. The minimum absolute atomic E-state index is 0.117. The summed E-state index contributed by atoms with van der Waals surface area (Å²) in [7, 11) is -3.49. The lowest BCUT2D eigenvalue weighted by Gasteiger charge is -2.17. The molecule has 26 heavy (non-hydrogen) atoms. The number of carbonyl (C=O) groups excluding carboxylic acids is 1. The summed E-state index contributed by atoms with van der Waals surface area (Å²) in [5.41, 5.74) is 1.04. The molecule has 1 aromatic heterocycles. The summed E-state index contributed by atoms with van der Waals surface area (Å²) < 4.78 is 25.4. The molecular weight excluding hydrogens is 418 g/mol. The molecular formula is C18H20BrN3O3S. The highest BCUT2D eigenvalue weighted by atomic mass is 79.9. The van der Waals surface area contributed by atoms with Gasteiger partial charge < -0.3 is 10.2 Å². The van der Waals surface area contributed by atoms with E-state index in [1.54, 1.807) is 24.4 Å². The number of benzene rings is 1. The summed E-state index contributed by atoms with van der Waals surface area (Å²) in [5, 5.41) is 2.65. The van der Waals surface area contributed by atoms with Gasteiger partial charge in [0.2, 0.25) is 5.91 Å². The largest absolute Gasteiger partial charge is 0.370 e. The molecule has 2 aromatic rings. The first kappa shape index (κ1) is 18.8. The Kier molecular flexibility index (Phi) is 5.93. The van der Waals surface area contributed by atoms with E-state index in [1.165, 1.54) is 25.0 Å². The first-order valence-electron chi connectivity index (χ1n) is 8.43. The van der Waals surface area contributed by atoms with Crippen molar-refractivity contribution in [1.29, 1.82) is 0 Å². The monoisotopic (exact) mass is 437 g/mol. The fraction of sp³-hybridized carbons (Fsp3) is 0.333. The average Bonchev–Trinajstić information content (AvgIpc) is 3.16. The van der Waals surface area contributed by atoms with Crippen LogP contribution in [0.3, 0.4) is 0 Å². The molecule has 1 aromatic carbocycles. The predicted octanol–water partition coefficient (Wildman–Crippen LogP) is 3.25. The lowest BCUT2D eigenvalue weighted by molar-refractivity contribution is -0.115. The molecule has 0 bridgehead atoms. The van der Waals surface area contributed by atoms with E-state index in [0.29, 0.717) is 5.82 Å². The molecule has 1 saturated heterocycles. The van der Waals surface area contributed by atoms with Gasteiger partial charge in [-0.25, -0.2) is 13.4 Å². The van der Waals surface area contributed by atoms with Crippen LogP contribution in [0.4, 0.5) is 11.5 Å². The van der Waals surface area contributed by atoms with Gasteiger partial charge in [-0.05, 0) is 49.2 Å². The van der Waals surface area contributed by atoms with Gasteiger partial charge in [0.15, 0.2) is 9.84 Å². The number of pyridine rings is 1. The van der Waals surface area contributed by atoms with Crippen LogP contribution in [-0.2, 0) is 14.6 Å². The van der Waals surface area contributed by atoms with Crippen LogP contribution in [0.15, 0.2) is 52.0 Å². The van der Waals surface area contributed by atoms with Crippen molar-refractivity contribution in [2.24, 2.45) is 0 Å². The van der Waals surface area contributed by atoms with Crippen LogP contribution in [0.1, 0.15) is 19.3 Å². The SMILES string of the molecule is O=C(CCS(=O)(=O)c1ccc(Br)cc1)Nc1ccc(N2CCCC2)cn1. The van der Waals surface area contributed by atoms with Crippen molar-refractivity contribution in [3.8, 4) is 0 Å². The number of anilines is 2. The Hall–Kier alpha value is -1.93. The Morgan fingerprint density at radius 1 is 1.12 bits per heavy atom. The van der Waals surface area contributed by atoms with Gasteiger partial charge in [-0.3, -0.25) is 4.79 Å². The zero-order chi connectivity index (χ0) is 18.6. The zero-order valence-corrected chi connectivity index (χ0v) is 16.6. The van der Waals surface area contributed by atoms with Gasteiger partial charge >= 0.3 is 0 Å². The Morgan fingerprint density at radius 3 is 2.42 bits per heavy atom. The van der Waals surface area contributed by atoms with Crippen LogP contribution in [0.5, 0.6) is 0 Å². The molecule has 0 aliphatic carbocycles. The molecule has 0 unspecified atom stereocenters. The van der Waals surface area contributed by atoms with E-state index in [0.717, 1.165) is 23.2 Å². The van der Waals surface area contributed by atoms with Crippen molar-refractivity contribution in [2.75, 3.05) is 29.1 Å². The highest BCUT2D eigenvalue weighted by Crippen LogP contribution is 2.20. The molecule has 2 heterocycles. The van der Waals surface area contributed by atoms with Crippen LogP contribution in [0.25, 0.3) is 0 Å². The van der Waals surface area contributed by atoms with Crippen LogP contribution >= 0.6 is 15.9 Å². The van der Waals surface area contributed by atoms with Crippen molar-refractivity contribution in [1.82, 2.24) is 4.98 Å². The number of rotatable bonds is 6. The number of halogens is 1. The molecule has 1 aliphatic heterocycles. The summed E-state index contributed by atoms with van der Waals surface area (Å²) in [6, 6.07) is 10.0. The maximum Gasteiger partial charge on any atom is 0.226 e. The van der Waals surface area contributed by atoms with Crippen molar-refractivity contribution in [2.45, 2.75) is 24.2 Å². The second kappa shape index (κ2) is 8.18. The van der Waals surface area contributed by atoms with Crippen molar-refractivity contribution < 1.29 is 13.2 Å². The van der Waals surface area contributed by atoms with Crippen molar-refractivity contribution in [3.63, 3.8) is 0 Å². The van der Waals surface area contributed by atoms with E-state index in [1.807, 2.05) is 6.07 Å². The van der Waals surface area contributed by atoms with Crippen molar-refractivity contribution >= 4 is 43.2 Å². The number of hydrogen-bond donors (Lipinski definition) is 1.